The van der Waals surface area contributed by atoms with Crippen molar-refractivity contribution in [2.75, 3.05) is 5.75 Å². The van der Waals surface area contributed by atoms with Crippen molar-refractivity contribution in [3.63, 3.8) is 0 Å². The SMILES string of the molecule is CC(/C=N\NC(=O)CSc1nc2ccccc2c(=O)n1-c1ccc(Cl)cc1)=C\c1ccccc1. The van der Waals surface area contributed by atoms with E-state index < -0.39 is 0 Å². The van der Waals surface area contributed by atoms with Crippen LogP contribution in [0.1, 0.15) is 12.5 Å². The molecule has 4 aromatic rings. The number of thioether (sulfide) groups is 1. The van der Waals surface area contributed by atoms with Crippen LogP contribution in [-0.4, -0.2) is 27.4 Å². The van der Waals surface area contributed by atoms with Gasteiger partial charge in [-0.3, -0.25) is 14.2 Å². The molecule has 0 bridgehead atoms. The smallest absolute Gasteiger partial charge is 0.266 e. The third-order valence-electron chi connectivity index (χ3n) is 4.81. The second-order valence-corrected chi connectivity index (χ2v) is 8.79. The quantitative estimate of drug-likeness (QED) is 0.165. The van der Waals surface area contributed by atoms with Gasteiger partial charge in [-0.1, -0.05) is 71.9 Å². The van der Waals surface area contributed by atoms with E-state index in [2.05, 4.69) is 15.5 Å². The Labute approximate surface area is 206 Å². The zero-order valence-electron chi connectivity index (χ0n) is 18.3. The van der Waals surface area contributed by atoms with Crippen LogP contribution in [0.4, 0.5) is 0 Å². The number of hydrogen-bond donors (Lipinski definition) is 1. The van der Waals surface area contributed by atoms with Crippen LogP contribution >= 0.6 is 23.4 Å². The van der Waals surface area contributed by atoms with Crippen molar-refractivity contribution in [3.05, 3.63) is 105 Å². The summed E-state index contributed by atoms with van der Waals surface area (Å²) in [6.45, 7) is 1.90. The number of carbonyl (C=O) groups is 1. The van der Waals surface area contributed by atoms with Crippen LogP contribution in [0.2, 0.25) is 5.02 Å². The molecule has 1 amide bonds. The van der Waals surface area contributed by atoms with Crippen LogP contribution in [0, 0.1) is 0 Å². The van der Waals surface area contributed by atoms with E-state index in [1.807, 2.05) is 49.4 Å². The van der Waals surface area contributed by atoms with Crippen molar-refractivity contribution >= 4 is 52.5 Å². The monoisotopic (exact) mass is 488 g/mol. The number of hydrazone groups is 1. The highest BCUT2D eigenvalue weighted by Crippen LogP contribution is 2.22. The lowest BCUT2D eigenvalue weighted by atomic mass is 10.1. The van der Waals surface area contributed by atoms with Crippen molar-refractivity contribution in [1.82, 2.24) is 15.0 Å². The predicted molar refractivity (Wildman–Crippen MR) is 140 cm³/mol. The predicted octanol–water partition coefficient (Wildman–Crippen LogP) is 5.34. The number of aromatic nitrogens is 2. The number of nitrogens with zero attached hydrogens (tertiary/aromatic N) is 3. The van der Waals surface area contributed by atoms with Gasteiger partial charge >= 0.3 is 0 Å². The number of benzene rings is 3. The highest BCUT2D eigenvalue weighted by Gasteiger charge is 2.14. The molecule has 4 rings (SSSR count). The van der Waals surface area contributed by atoms with E-state index in [9.17, 15) is 9.59 Å². The summed E-state index contributed by atoms with van der Waals surface area (Å²) < 4.78 is 1.49. The van der Waals surface area contributed by atoms with Gasteiger partial charge in [0.05, 0.1) is 28.6 Å². The lowest BCUT2D eigenvalue weighted by molar-refractivity contribution is -0.118. The zero-order chi connectivity index (χ0) is 23.9. The minimum Gasteiger partial charge on any atom is -0.272 e. The van der Waals surface area contributed by atoms with E-state index in [1.54, 1.807) is 48.7 Å². The number of allylic oxidation sites excluding steroid dienone is 1. The number of hydrogen-bond acceptors (Lipinski definition) is 5. The van der Waals surface area contributed by atoms with Crippen molar-refractivity contribution in [2.45, 2.75) is 12.1 Å². The first-order valence-corrected chi connectivity index (χ1v) is 11.8. The van der Waals surface area contributed by atoms with Crippen LogP contribution in [0.25, 0.3) is 22.7 Å². The van der Waals surface area contributed by atoms with Gasteiger partial charge in [0.25, 0.3) is 11.5 Å². The molecule has 1 aromatic heterocycles. The highest BCUT2D eigenvalue weighted by molar-refractivity contribution is 7.99. The average Bonchev–Trinajstić information content (AvgIpc) is 2.84. The Bertz CT molecular complexity index is 1430. The maximum absolute atomic E-state index is 13.2. The minimum absolute atomic E-state index is 0.0388. The van der Waals surface area contributed by atoms with E-state index in [0.717, 1.165) is 22.9 Å². The van der Waals surface area contributed by atoms with Crippen LogP contribution in [0.3, 0.4) is 0 Å². The standard InChI is InChI=1S/C26H21ClN4O2S/c1-18(15-19-7-3-2-4-8-19)16-28-30-24(32)17-34-26-29-23-10-6-5-9-22(23)25(33)31(26)21-13-11-20(27)12-14-21/h2-16H,17H2,1H3,(H,30,32)/b18-15+,28-16-. The molecular weight excluding hydrogens is 468 g/mol. The zero-order valence-corrected chi connectivity index (χ0v) is 19.9. The normalized spacial score (nSPS) is 11.8. The molecule has 0 unspecified atom stereocenters. The maximum atomic E-state index is 13.2. The van der Waals surface area contributed by atoms with Gasteiger partial charge in [-0.2, -0.15) is 5.10 Å². The Balaban J connectivity index is 1.51. The molecule has 0 radical (unpaired) electrons. The molecular formula is C26H21ClN4O2S. The molecule has 0 atom stereocenters. The Kier molecular flexibility index (Phi) is 7.57. The number of amides is 1. The molecule has 0 saturated carbocycles. The first kappa shape index (κ1) is 23.5. The van der Waals surface area contributed by atoms with Crippen molar-refractivity contribution in [1.29, 1.82) is 0 Å². The Morgan fingerprint density at radius 2 is 1.76 bits per heavy atom. The van der Waals surface area contributed by atoms with Gasteiger partial charge in [-0.15, -0.1) is 0 Å². The molecule has 34 heavy (non-hydrogen) atoms. The molecule has 0 spiro atoms. The molecule has 0 aliphatic heterocycles. The fourth-order valence-corrected chi connectivity index (χ4v) is 4.18. The molecule has 0 aliphatic rings. The second kappa shape index (κ2) is 11.0. The van der Waals surface area contributed by atoms with Crippen LogP contribution < -0.4 is 11.0 Å². The van der Waals surface area contributed by atoms with Crippen molar-refractivity contribution in [3.8, 4) is 5.69 Å². The molecule has 170 valence electrons. The molecule has 0 aliphatic carbocycles. The van der Waals surface area contributed by atoms with Crippen LogP contribution in [0.5, 0.6) is 0 Å². The second-order valence-electron chi connectivity index (χ2n) is 7.41. The summed E-state index contributed by atoms with van der Waals surface area (Å²) in [7, 11) is 0. The van der Waals surface area contributed by atoms with Gasteiger partial charge in [0.1, 0.15) is 0 Å². The first-order chi connectivity index (χ1) is 16.5. The molecule has 1 N–H and O–H groups in total. The number of fused-ring (bicyclic) bond motifs is 1. The van der Waals surface area contributed by atoms with E-state index in [4.69, 9.17) is 11.6 Å². The molecule has 8 heteroatoms. The summed E-state index contributed by atoms with van der Waals surface area (Å²) in [6.07, 6.45) is 3.56. The van der Waals surface area contributed by atoms with E-state index in [1.165, 1.54) is 4.57 Å². The molecule has 1 heterocycles. The number of carbonyl (C=O) groups excluding carboxylic acids is 1. The topological polar surface area (TPSA) is 76.3 Å². The lowest BCUT2D eigenvalue weighted by Crippen LogP contribution is -2.24. The number of nitrogens with one attached hydrogen (secondary N) is 1. The summed E-state index contributed by atoms with van der Waals surface area (Å²) in [6, 6.07) is 23.9. The molecule has 6 nitrogen and oxygen atoms in total. The van der Waals surface area contributed by atoms with Gasteiger partial charge in [0, 0.05) is 5.02 Å². The number of halogens is 1. The van der Waals surface area contributed by atoms with Gasteiger partial charge in [-0.25, -0.2) is 10.4 Å². The van der Waals surface area contributed by atoms with Gasteiger partial charge in [-0.05, 0) is 54.5 Å². The summed E-state index contributed by atoms with van der Waals surface area (Å²) >= 11 is 7.18. The maximum Gasteiger partial charge on any atom is 0.266 e. The van der Waals surface area contributed by atoms with Gasteiger partial charge in [0.15, 0.2) is 5.16 Å². The number of rotatable bonds is 7. The lowest BCUT2D eigenvalue weighted by Gasteiger charge is -2.13. The molecule has 3 aromatic carbocycles. The third-order valence-corrected chi connectivity index (χ3v) is 6.00. The van der Waals surface area contributed by atoms with Crippen molar-refractivity contribution in [2.24, 2.45) is 5.10 Å². The molecule has 0 fully saturated rings. The molecule has 0 saturated heterocycles. The van der Waals surface area contributed by atoms with Crippen molar-refractivity contribution < 1.29 is 4.79 Å². The third kappa shape index (κ3) is 5.81. The highest BCUT2D eigenvalue weighted by atomic mass is 35.5. The fourth-order valence-electron chi connectivity index (χ4n) is 3.24. The van der Waals surface area contributed by atoms with Crippen LogP contribution in [0.15, 0.2) is 99.5 Å². The Hall–Kier alpha value is -3.68. The van der Waals surface area contributed by atoms with Gasteiger partial charge in [0.2, 0.25) is 0 Å². The van der Waals surface area contributed by atoms with Gasteiger partial charge < -0.3 is 0 Å². The summed E-state index contributed by atoms with van der Waals surface area (Å²) in [4.78, 5) is 30.2. The summed E-state index contributed by atoms with van der Waals surface area (Å²) in [5.74, 6) is -0.268. The minimum atomic E-state index is -0.307. The first-order valence-electron chi connectivity index (χ1n) is 10.5. The van der Waals surface area contributed by atoms with Crippen LogP contribution in [-0.2, 0) is 4.79 Å². The fraction of sp³-hybridized carbons (Fsp3) is 0.0769. The Morgan fingerprint density at radius 3 is 2.53 bits per heavy atom. The summed E-state index contributed by atoms with van der Waals surface area (Å²) in [5, 5.41) is 5.50. The Morgan fingerprint density at radius 1 is 1.06 bits per heavy atom. The van der Waals surface area contributed by atoms with E-state index in [0.29, 0.717) is 26.8 Å². The largest absolute Gasteiger partial charge is 0.272 e. The van der Waals surface area contributed by atoms with E-state index >= 15 is 0 Å². The summed E-state index contributed by atoms with van der Waals surface area (Å²) in [5.41, 5.74) is 5.45. The number of para-hydroxylation sites is 1. The van der Waals surface area contributed by atoms with E-state index in [-0.39, 0.29) is 17.2 Å². The average molecular weight is 489 g/mol.